The van der Waals surface area contributed by atoms with E-state index in [1.807, 2.05) is 0 Å². The van der Waals surface area contributed by atoms with Gasteiger partial charge in [0, 0.05) is 45.4 Å². The first-order chi connectivity index (χ1) is 28.9. The lowest BCUT2D eigenvalue weighted by Gasteiger charge is -2.32. The Morgan fingerprint density at radius 2 is 1.10 bits per heavy atom. The van der Waals surface area contributed by atoms with Crippen molar-refractivity contribution < 1.29 is 33.6 Å². The largest absolute Gasteiger partial charge is 0.483 e. The first-order valence-electron chi connectivity index (χ1n) is 25.5. The fourth-order valence-electron chi connectivity index (χ4n) is 9.23. The molecule has 0 bridgehead atoms. The van der Waals surface area contributed by atoms with E-state index < -0.39 is 5.79 Å². The van der Waals surface area contributed by atoms with Gasteiger partial charge >= 0.3 is 5.97 Å². The monoisotopic (exact) mass is 841 g/mol. The lowest BCUT2D eigenvalue weighted by molar-refractivity contribution is -0.351. The molecule has 2 heterocycles. The average Bonchev–Trinajstić information content (AvgIpc) is 3.23. The second-order valence-corrected chi connectivity index (χ2v) is 18.5. The topological polar surface area (TPSA) is 88.5 Å². The first-order valence-corrected chi connectivity index (χ1v) is 25.5. The highest BCUT2D eigenvalue weighted by Gasteiger charge is 2.33. The summed E-state index contributed by atoms with van der Waals surface area (Å²) in [5, 5.41) is 6.89. The third-order valence-electron chi connectivity index (χ3n) is 13.3. The Morgan fingerprint density at radius 1 is 0.661 bits per heavy atom. The molecule has 2 saturated heterocycles. The van der Waals surface area contributed by atoms with Gasteiger partial charge in [0.1, 0.15) is 0 Å². The number of halogens is 1. The van der Waals surface area contributed by atoms with Crippen LogP contribution in [0.5, 0.6) is 0 Å². The van der Waals surface area contributed by atoms with Crippen LogP contribution in [0.3, 0.4) is 0 Å². The normalized spacial score (nSPS) is 25.5. The van der Waals surface area contributed by atoms with Crippen molar-refractivity contribution in [2.75, 3.05) is 53.0 Å². The van der Waals surface area contributed by atoms with Gasteiger partial charge in [-0.3, -0.25) is 9.59 Å². The van der Waals surface area contributed by atoms with Gasteiger partial charge in [-0.2, -0.15) is 4.94 Å². The molecular formula is C50H97FN2O6. The van der Waals surface area contributed by atoms with Gasteiger partial charge < -0.3 is 24.4 Å². The SMILES string of the molecule is CCCCC1CCCCCCCCCCCC(OF)(OCCCCN2CCN(C)CC2)CCCCCCCCCC(=O)OCCC(CCCC)CCCCCC1.O=CO. The van der Waals surface area contributed by atoms with Crippen LogP contribution in [0.15, 0.2) is 0 Å². The summed E-state index contributed by atoms with van der Waals surface area (Å²) in [5.41, 5.74) is 0. The van der Waals surface area contributed by atoms with E-state index in [9.17, 15) is 9.32 Å². The molecule has 1 N–H and O–H groups in total. The van der Waals surface area contributed by atoms with Gasteiger partial charge in [0.2, 0.25) is 5.79 Å². The lowest BCUT2D eigenvalue weighted by Crippen LogP contribution is -2.44. The molecule has 350 valence electrons. The Hall–Kier alpha value is -1.29. The minimum atomic E-state index is -1.09. The number of likely N-dealkylation sites (N-methyl/N-ethyl adjacent to an activating group) is 1. The molecule has 0 spiro atoms. The van der Waals surface area contributed by atoms with Crippen LogP contribution in [0.1, 0.15) is 239 Å². The highest BCUT2D eigenvalue weighted by atomic mass is 19.3. The molecule has 0 aromatic carbocycles. The molecule has 2 aliphatic heterocycles. The van der Waals surface area contributed by atoms with E-state index in [0.29, 0.717) is 38.4 Å². The van der Waals surface area contributed by atoms with Gasteiger partial charge in [-0.25, -0.2) is 0 Å². The predicted octanol–water partition coefficient (Wildman–Crippen LogP) is 14.0. The lowest BCUT2D eigenvalue weighted by atomic mass is 9.89. The molecule has 2 rings (SSSR count). The van der Waals surface area contributed by atoms with Crippen LogP contribution < -0.4 is 0 Å². The van der Waals surface area contributed by atoms with Crippen LogP contribution in [-0.4, -0.2) is 86.1 Å². The summed E-state index contributed by atoms with van der Waals surface area (Å²) in [7, 11) is 2.20. The Bertz CT molecular complexity index is 922. The third kappa shape index (κ3) is 33.0. The molecule has 8 nitrogen and oxygen atoms in total. The maximum atomic E-state index is 14.4. The molecule has 3 atom stereocenters. The number of esters is 1. The zero-order valence-corrected chi connectivity index (χ0v) is 39.2. The van der Waals surface area contributed by atoms with E-state index in [4.69, 9.17) is 24.3 Å². The van der Waals surface area contributed by atoms with E-state index in [1.54, 1.807) is 0 Å². The summed E-state index contributed by atoms with van der Waals surface area (Å²) >= 11 is 0. The summed E-state index contributed by atoms with van der Waals surface area (Å²) in [4.78, 5) is 30.6. The number of cyclic esters (lactones) is 1. The van der Waals surface area contributed by atoms with Crippen LogP contribution in [0, 0.1) is 11.8 Å². The Balaban J connectivity index is 0.00000562. The smallest absolute Gasteiger partial charge is 0.305 e. The van der Waals surface area contributed by atoms with Crippen LogP contribution in [0.25, 0.3) is 0 Å². The van der Waals surface area contributed by atoms with Crippen molar-refractivity contribution in [2.24, 2.45) is 11.8 Å². The van der Waals surface area contributed by atoms with Crippen molar-refractivity contribution in [2.45, 2.75) is 244 Å². The van der Waals surface area contributed by atoms with Gasteiger partial charge in [0.25, 0.3) is 6.47 Å². The summed E-state index contributed by atoms with van der Waals surface area (Å²) in [6.07, 6.45) is 41.3. The zero-order valence-electron chi connectivity index (χ0n) is 39.2. The van der Waals surface area contributed by atoms with Crippen molar-refractivity contribution in [1.29, 1.82) is 0 Å². The molecule has 59 heavy (non-hydrogen) atoms. The molecule has 2 fully saturated rings. The van der Waals surface area contributed by atoms with Gasteiger partial charge in [-0.05, 0) is 68.5 Å². The Labute approximate surface area is 364 Å². The number of rotatable bonds is 13. The van der Waals surface area contributed by atoms with Crippen molar-refractivity contribution in [3.63, 3.8) is 0 Å². The van der Waals surface area contributed by atoms with Gasteiger partial charge in [0.05, 0.1) is 13.2 Å². The third-order valence-corrected chi connectivity index (χ3v) is 13.3. The quantitative estimate of drug-likeness (QED) is 0.0849. The number of carboxylic acid groups (broad SMARTS) is 1. The van der Waals surface area contributed by atoms with E-state index in [-0.39, 0.29) is 12.4 Å². The molecule has 3 unspecified atom stereocenters. The first kappa shape index (κ1) is 55.7. The molecule has 9 heteroatoms. The second kappa shape index (κ2) is 40.8. The number of hydrogen-bond acceptors (Lipinski definition) is 7. The molecule has 0 amide bonds. The fourth-order valence-corrected chi connectivity index (χ4v) is 9.23. The van der Waals surface area contributed by atoms with Gasteiger partial charge in [-0.1, -0.05) is 181 Å². The van der Waals surface area contributed by atoms with Crippen LogP contribution in [0.2, 0.25) is 0 Å². The number of hydrogen-bond donors (Lipinski definition) is 1. The van der Waals surface area contributed by atoms with Crippen LogP contribution in [-0.2, 0) is 24.0 Å². The molecule has 2 aliphatic rings. The molecule has 0 radical (unpaired) electrons. The number of piperazine rings is 1. The van der Waals surface area contributed by atoms with E-state index in [2.05, 4.69) is 30.7 Å². The predicted molar refractivity (Wildman–Crippen MR) is 244 cm³/mol. The summed E-state index contributed by atoms with van der Waals surface area (Å²) in [6, 6.07) is 0. The van der Waals surface area contributed by atoms with E-state index in [1.165, 1.54) is 128 Å². The van der Waals surface area contributed by atoms with Crippen LogP contribution >= 0.6 is 0 Å². The number of nitrogens with zero attached hydrogens (tertiary/aromatic N) is 2. The number of carbonyl (C=O) groups is 2. The highest BCUT2D eigenvalue weighted by molar-refractivity contribution is 5.69. The minimum absolute atomic E-state index is 0.0135. The van der Waals surface area contributed by atoms with Gasteiger partial charge in [-0.15, -0.1) is 0 Å². The standard InChI is InChI=1S/C49H95FN2O4.CH2O2/c1-4-6-30-46-32-22-16-12-9-8-10-14-20-26-37-49(56-50,55-44-29-28-39-52-42-40-51(3)41-43-52)38-27-21-15-11-13-17-25-35-48(53)54-45-36-47(31-7-5-2)34-24-19-18-23-33-46;2-1-3/h46-47H,4-45H2,1-3H3;1H,(H,2,3). The average molecular weight is 841 g/mol. The molecule has 0 aliphatic carbocycles. The van der Waals surface area contributed by atoms with Crippen molar-refractivity contribution in [3.05, 3.63) is 0 Å². The van der Waals surface area contributed by atoms with Gasteiger partial charge in [0.15, 0.2) is 0 Å². The summed E-state index contributed by atoms with van der Waals surface area (Å²) < 4.78 is 26.4. The Morgan fingerprint density at radius 3 is 1.58 bits per heavy atom. The maximum absolute atomic E-state index is 14.4. The summed E-state index contributed by atoms with van der Waals surface area (Å²) in [6.45, 7) is 11.2. The number of unbranched alkanes of at least 4 members (excludes halogenated alkanes) is 3. The molecular weight excluding hydrogens is 744 g/mol. The number of carbonyl (C=O) groups excluding carboxylic acids is 1. The van der Waals surface area contributed by atoms with Crippen LogP contribution in [0.4, 0.5) is 4.53 Å². The van der Waals surface area contributed by atoms with Crippen molar-refractivity contribution in [1.82, 2.24) is 9.80 Å². The molecule has 0 aromatic heterocycles. The highest BCUT2D eigenvalue weighted by Crippen LogP contribution is 2.30. The zero-order chi connectivity index (χ0) is 42.9. The van der Waals surface area contributed by atoms with E-state index >= 15 is 0 Å². The fraction of sp³-hybridized carbons (Fsp3) is 0.960. The summed E-state index contributed by atoms with van der Waals surface area (Å²) in [5.74, 6) is 0.521. The maximum Gasteiger partial charge on any atom is 0.305 e. The second-order valence-electron chi connectivity index (χ2n) is 18.5. The van der Waals surface area contributed by atoms with E-state index in [0.717, 1.165) is 116 Å². The van der Waals surface area contributed by atoms with Crippen molar-refractivity contribution in [3.8, 4) is 0 Å². The molecule has 0 aromatic rings. The Kier molecular flexibility index (Phi) is 38.5. The van der Waals surface area contributed by atoms with Crippen molar-refractivity contribution >= 4 is 12.4 Å². The molecule has 0 saturated carbocycles. The minimum Gasteiger partial charge on any atom is -0.483 e. The number of ether oxygens (including phenoxy) is 2.